The van der Waals surface area contributed by atoms with Crippen LogP contribution in [0.5, 0.6) is 0 Å². The van der Waals surface area contributed by atoms with E-state index >= 15 is 8.78 Å². The molecule has 1 atom stereocenters. The van der Waals surface area contributed by atoms with Crippen LogP contribution in [0.25, 0.3) is 0 Å². The van der Waals surface area contributed by atoms with Crippen molar-refractivity contribution in [2.24, 2.45) is 0 Å². The summed E-state index contributed by atoms with van der Waals surface area (Å²) in [5.41, 5.74) is 1.80. The number of hydrogen-bond acceptors (Lipinski definition) is 11. The third kappa shape index (κ3) is 15.2. The summed E-state index contributed by atoms with van der Waals surface area (Å²) >= 11 is 0. The number of aliphatic hydroxyl groups is 1. The van der Waals surface area contributed by atoms with E-state index in [0.717, 1.165) is 4.90 Å². The second-order valence-corrected chi connectivity index (χ2v) is 17.1. The van der Waals surface area contributed by atoms with E-state index in [1.54, 1.807) is 95.9 Å². The van der Waals surface area contributed by atoms with E-state index in [-0.39, 0.29) is 65.6 Å². The number of alkyl halides is 17. The highest BCUT2D eigenvalue weighted by Crippen LogP contribution is 2.64. The second-order valence-electron chi connectivity index (χ2n) is 17.1. The van der Waals surface area contributed by atoms with Crippen molar-refractivity contribution in [1.82, 2.24) is 19.6 Å². The third-order valence-electron chi connectivity index (χ3n) is 11.5. The number of halogens is 17. The SMILES string of the molecule is O=C(CN1CCN(CC(=O)OCc2ccccc2)CCN(CC(O)CC(F)(F)C(F)(F)C(F)(F)C(F)(F)C(F)(F)C(F)(F)C(F)(F)C(F)(F)F)CCN(CC(=O)OCc2ccccc2)CC1)OCc1ccccc1. The number of nitrogens with zero attached hydrogens (tertiary/aromatic N) is 4. The van der Waals surface area contributed by atoms with Crippen LogP contribution in [0.4, 0.5) is 74.6 Å². The zero-order valence-corrected chi connectivity index (χ0v) is 38.7. The van der Waals surface area contributed by atoms with Crippen LogP contribution in [0.15, 0.2) is 91.0 Å². The van der Waals surface area contributed by atoms with Crippen molar-refractivity contribution in [3.8, 4) is 0 Å². The van der Waals surface area contributed by atoms with Gasteiger partial charge in [-0.25, -0.2) is 0 Å². The molecule has 414 valence electrons. The van der Waals surface area contributed by atoms with Crippen LogP contribution in [-0.4, -0.2) is 175 Å². The van der Waals surface area contributed by atoms with E-state index < -0.39 is 111 Å². The number of benzene rings is 3. The molecule has 1 unspecified atom stereocenters. The molecule has 0 saturated carbocycles. The van der Waals surface area contributed by atoms with Gasteiger partial charge in [-0.1, -0.05) is 91.0 Å². The fourth-order valence-electron chi connectivity index (χ4n) is 7.12. The van der Waals surface area contributed by atoms with Crippen LogP contribution >= 0.6 is 0 Å². The lowest BCUT2D eigenvalue weighted by Crippen LogP contribution is -2.74. The van der Waals surface area contributed by atoms with E-state index in [1.165, 1.54) is 9.80 Å². The minimum Gasteiger partial charge on any atom is -0.460 e. The molecular formula is C46H49F17N4O7. The quantitative estimate of drug-likeness (QED) is 0.0598. The summed E-state index contributed by atoms with van der Waals surface area (Å²) in [5, 5.41) is 10.7. The lowest BCUT2D eigenvalue weighted by Gasteiger charge is -2.43. The summed E-state index contributed by atoms with van der Waals surface area (Å²) in [4.78, 5) is 44.6. The fourth-order valence-corrected chi connectivity index (χ4v) is 7.12. The van der Waals surface area contributed by atoms with Gasteiger partial charge in [0.2, 0.25) is 0 Å². The first-order valence-electron chi connectivity index (χ1n) is 22.1. The number of β-amino-alcohol motifs (C(OH)–C–C–N with tert-alkyl or cyclic N) is 1. The molecular weight excluding hydrogens is 1040 g/mol. The summed E-state index contributed by atoms with van der Waals surface area (Å²) in [6.45, 7) is -5.19. The Bertz CT molecular complexity index is 2180. The Kier molecular flexibility index (Phi) is 20.7. The molecule has 28 heteroatoms. The maximum absolute atomic E-state index is 15.1. The number of ether oxygens (including phenoxy) is 3. The first-order valence-corrected chi connectivity index (χ1v) is 22.1. The monoisotopic (exact) mass is 1090 g/mol. The summed E-state index contributed by atoms with van der Waals surface area (Å²) in [5.74, 6) is -60.3. The first-order chi connectivity index (χ1) is 34.3. The molecule has 4 rings (SSSR count). The van der Waals surface area contributed by atoms with Crippen LogP contribution in [0.3, 0.4) is 0 Å². The molecule has 0 aromatic heterocycles. The molecule has 1 fully saturated rings. The van der Waals surface area contributed by atoms with Crippen molar-refractivity contribution in [3.63, 3.8) is 0 Å². The number of rotatable bonds is 22. The van der Waals surface area contributed by atoms with Gasteiger partial charge >= 0.3 is 65.5 Å². The van der Waals surface area contributed by atoms with E-state index in [4.69, 9.17) is 14.2 Å². The Balaban J connectivity index is 1.60. The van der Waals surface area contributed by atoms with Crippen molar-refractivity contribution in [1.29, 1.82) is 0 Å². The minimum atomic E-state index is -8.80. The predicted molar refractivity (Wildman–Crippen MR) is 226 cm³/mol. The maximum atomic E-state index is 15.1. The Morgan fingerprint density at radius 3 is 0.946 bits per heavy atom. The second kappa shape index (κ2) is 25.0. The molecule has 1 aliphatic heterocycles. The van der Waals surface area contributed by atoms with Crippen LogP contribution in [0.1, 0.15) is 23.1 Å². The van der Waals surface area contributed by atoms with Gasteiger partial charge in [0.25, 0.3) is 0 Å². The van der Waals surface area contributed by atoms with Gasteiger partial charge in [-0.3, -0.25) is 34.0 Å². The molecule has 0 bridgehead atoms. The van der Waals surface area contributed by atoms with Crippen LogP contribution in [-0.2, 0) is 48.4 Å². The highest BCUT2D eigenvalue weighted by Gasteiger charge is 2.95. The summed E-state index contributed by atoms with van der Waals surface area (Å²) in [6.07, 6.45) is -14.0. The van der Waals surface area contributed by atoms with Gasteiger partial charge in [-0.2, -0.15) is 74.6 Å². The molecule has 1 heterocycles. The van der Waals surface area contributed by atoms with E-state index in [2.05, 4.69) is 0 Å². The Morgan fingerprint density at radius 1 is 0.405 bits per heavy atom. The van der Waals surface area contributed by atoms with Crippen LogP contribution in [0.2, 0.25) is 0 Å². The molecule has 3 aromatic carbocycles. The number of esters is 3. The van der Waals surface area contributed by atoms with Gasteiger partial charge < -0.3 is 19.3 Å². The Labute approximate surface area is 411 Å². The van der Waals surface area contributed by atoms with E-state index in [9.17, 15) is 85.3 Å². The molecule has 0 aliphatic carbocycles. The van der Waals surface area contributed by atoms with Gasteiger partial charge in [0, 0.05) is 65.3 Å². The summed E-state index contributed by atoms with van der Waals surface area (Å²) < 4.78 is 254. The van der Waals surface area contributed by atoms with Gasteiger partial charge in [0.05, 0.1) is 25.7 Å². The molecule has 1 saturated heterocycles. The van der Waals surface area contributed by atoms with Crippen LogP contribution in [0, 0.1) is 0 Å². The molecule has 1 aliphatic rings. The van der Waals surface area contributed by atoms with Crippen LogP contribution < -0.4 is 0 Å². The van der Waals surface area contributed by atoms with Gasteiger partial charge in [0.15, 0.2) is 0 Å². The largest absolute Gasteiger partial charge is 0.460 e. The van der Waals surface area contributed by atoms with E-state index in [0.29, 0.717) is 16.7 Å². The van der Waals surface area contributed by atoms with E-state index in [1.807, 2.05) is 0 Å². The molecule has 11 nitrogen and oxygen atoms in total. The molecule has 3 aromatic rings. The van der Waals surface area contributed by atoms with Gasteiger partial charge in [0.1, 0.15) is 19.8 Å². The predicted octanol–water partition coefficient (Wildman–Crippen LogP) is 8.20. The molecule has 74 heavy (non-hydrogen) atoms. The number of aliphatic hydroxyl groups excluding tert-OH is 1. The number of hydrogen-bond donors (Lipinski definition) is 1. The number of carbonyl (C=O) groups excluding carboxylic acids is 3. The minimum absolute atomic E-state index is 0.0414. The van der Waals surface area contributed by atoms with Crippen molar-refractivity contribution < 1.29 is 108 Å². The Hall–Kier alpha value is -5.32. The van der Waals surface area contributed by atoms with Gasteiger partial charge in [-0.05, 0) is 16.7 Å². The van der Waals surface area contributed by atoms with Crippen molar-refractivity contribution in [3.05, 3.63) is 108 Å². The lowest BCUT2D eigenvalue weighted by molar-refractivity contribution is -0.462. The lowest BCUT2D eigenvalue weighted by atomic mass is 9.87. The van der Waals surface area contributed by atoms with Gasteiger partial charge in [-0.15, -0.1) is 0 Å². The smallest absolute Gasteiger partial charge is 0.460 e. The third-order valence-corrected chi connectivity index (χ3v) is 11.5. The molecule has 1 N–H and O–H groups in total. The average molecular weight is 1090 g/mol. The first kappa shape index (κ1) is 61.2. The topological polar surface area (TPSA) is 112 Å². The standard InChI is InChI=1S/C46H49F17N4O7/c47-39(48,40(49,50)41(51,52)42(53,54)43(55,56)44(57,58)45(59,60)46(61,62)63)24-35(68)25-64-16-18-65(26-36(69)72-29-32-10-4-1-5-11-32)20-22-67(28-38(71)74-31-34-14-8-3-9-15-34)23-21-66(19-17-64)27-37(70)73-30-33-12-6-2-7-13-33/h1-15,35,68H,16-31H2. The Morgan fingerprint density at radius 2 is 0.662 bits per heavy atom. The average Bonchev–Trinajstić information content (AvgIpc) is 3.32. The highest BCUT2D eigenvalue weighted by molar-refractivity contribution is 5.72. The van der Waals surface area contributed by atoms with Crippen molar-refractivity contribution >= 4 is 17.9 Å². The highest BCUT2D eigenvalue weighted by atomic mass is 19.4. The maximum Gasteiger partial charge on any atom is 0.460 e. The molecule has 0 spiro atoms. The van der Waals surface area contributed by atoms with Crippen molar-refractivity contribution in [2.45, 2.75) is 80.0 Å². The number of carbonyl (C=O) groups is 3. The normalized spacial score (nSPS) is 16.9. The fraction of sp³-hybridized carbons (Fsp3) is 0.543. The zero-order valence-electron chi connectivity index (χ0n) is 38.7. The molecule has 0 radical (unpaired) electrons. The summed E-state index contributed by atoms with van der Waals surface area (Å²) in [7, 11) is 0. The summed E-state index contributed by atoms with van der Waals surface area (Å²) in [6, 6.07) is 25.1. The zero-order chi connectivity index (χ0) is 55.4. The van der Waals surface area contributed by atoms with Crippen molar-refractivity contribution in [2.75, 3.05) is 78.5 Å². The molecule has 0 amide bonds.